The van der Waals surface area contributed by atoms with Crippen LogP contribution in [0.25, 0.3) is 0 Å². The number of benzene rings is 1. The Hall–Kier alpha value is -1.69. The lowest BCUT2D eigenvalue weighted by molar-refractivity contribution is 0.148. The van der Waals surface area contributed by atoms with Crippen molar-refractivity contribution in [3.05, 3.63) is 29.8 Å². The molecule has 0 radical (unpaired) electrons. The topological polar surface area (TPSA) is 53.2 Å². The van der Waals surface area contributed by atoms with Gasteiger partial charge in [0.05, 0.1) is 6.54 Å². The van der Waals surface area contributed by atoms with Crippen LogP contribution in [0.1, 0.15) is 18.5 Å². The van der Waals surface area contributed by atoms with Crippen molar-refractivity contribution in [1.82, 2.24) is 10.6 Å². The highest BCUT2D eigenvalue weighted by atomic mass is 19.3. The fourth-order valence-corrected chi connectivity index (χ4v) is 1.40. The summed E-state index contributed by atoms with van der Waals surface area (Å²) in [4.78, 5) is 11.3. The zero-order valence-electron chi connectivity index (χ0n) is 10.3. The summed E-state index contributed by atoms with van der Waals surface area (Å²) in [5, 5.41) is 7.66. The Bertz CT molecular complexity index is 399. The molecule has 100 valence electrons. The number of hydrogen-bond donors (Lipinski definition) is 3. The first kappa shape index (κ1) is 14.4. The van der Waals surface area contributed by atoms with E-state index in [4.69, 9.17) is 0 Å². The summed E-state index contributed by atoms with van der Waals surface area (Å²) in [5.74, 6) is 0. The molecule has 0 saturated heterocycles. The van der Waals surface area contributed by atoms with Gasteiger partial charge >= 0.3 is 6.03 Å². The molecule has 1 aromatic rings. The number of alkyl halides is 2. The van der Waals surface area contributed by atoms with Crippen LogP contribution in [0, 0.1) is 0 Å². The highest BCUT2D eigenvalue weighted by Gasteiger charge is 2.07. The normalized spacial score (nSPS) is 12.3. The lowest BCUT2D eigenvalue weighted by atomic mass is 10.1. The number of halogens is 2. The summed E-state index contributed by atoms with van der Waals surface area (Å²) in [5.41, 5.74) is 1.57. The van der Waals surface area contributed by atoms with E-state index in [-0.39, 0.29) is 6.04 Å². The van der Waals surface area contributed by atoms with Gasteiger partial charge in [0.15, 0.2) is 0 Å². The smallest absolute Gasteiger partial charge is 0.319 e. The molecular weight excluding hydrogens is 240 g/mol. The Morgan fingerprint density at radius 2 is 2.11 bits per heavy atom. The molecule has 6 heteroatoms. The van der Waals surface area contributed by atoms with Crippen LogP contribution < -0.4 is 16.0 Å². The van der Waals surface area contributed by atoms with E-state index in [0.717, 1.165) is 5.56 Å². The Labute approximate surface area is 105 Å². The lowest BCUT2D eigenvalue weighted by Gasteiger charge is -2.13. The minimum atomic E-state index is -2.55. The third kappa shape index (κ3) is 4.67. The quantitative estimate of drug-likeness (QED) is 0.758. The van der Waals surface area contributed by atoms with Gasteiger partial charge in [-0.2, -0.15) is 0 Å². The molecule has 0 aromatic heterocycles. The summed E-state index contributed by atoms with van der Waals surface area (Å²) in [7, 11) is 1.83. The summed E-state index contributed by atoms with van der Waals surface area (Å²) < 4.78 is 23.8. The molecule has 0 fully saturated rings. The second-order valence-corrected chi connectivity index (χ2v) is 3.86. The highest BCUT2D eigenvalue weighted by molar-refractivity contribution is 5.89. The molecule has 4 nitrogen and oxygen atoms in total. The van der Waals surface area contributed by atoms with Gasteiger partial charge < -0.3 is 16.0 Å². The minimum absolute atomic E-state index is 0.149. The van der Waals surface area contributed by atoms with E-state index in [1.807, 2.05) is 20.0 Å². The van der Waals surface area contributed by atoms with E-state index >= 15 is 0 Å². The van der Waals surface area contributed by atoms with Crippen molar-refractivity contribution in [2.24, 2.45) is 0 Å². The summed E-state index contributed by atoms with van der Waals surface area (Å²) in [6, 6.07) is 6.73. The average Bonchev–Trinajstić information content (AvgIpc) is 2.35. The van der Waals surface area contributed by atoms with Crippen LogP contribution in [0.15, 0.2) is 24.3 Å². The molecule has 18 heavy (non-hydrogen) atoms. The molecule has 0 aliphatic rings. The van der Waals surface area contributed by atoms with Crippen molar-refractivity contribution in [2.75, 3.05) is 18.9 Å². The van der Waals surface area contributed by atoms with E-state index in [9.17, 15) is 13.6 Å². The molecule has 0 aliphatic heterocycles. The highest BCUT2D eigenvalue weighted by Crippen LogP contribution is 2.16. The van der Waals surface area contributed by atoms with Crippen LogP contribution in [0.3, 0.4) is 0 Å². The molecule has 0 aliphatic carbocycles. The van der Waals surface area contributed by atoms with E-state index < -0.39 is 19.0 Å². The van der Waals surface area contributed by atoms with Crippen LogP contribution in [0.5, 0.6) is 0 Å². The maximum atomic E-state index is 11.9. The van der Waals surface area contributed by atoms with Crippen molar-refractivity contribution < 1.29 is 13.6 Å². The Morgan fingerprint density at radius 3 is 2.72 bits per heavy atom. The molecule has 0 heterocycles. The van der Waals surface area contributed by atoms with Gasteiger partial charge in [0.25, 0.3) is 6.43 Å². The molecular formula is C12H17F2N3O. The van der Waals surface area contributed by atoms with E-state index in [0.29, 0.717) is 5.69 Å². The number of carbonyl (C=O) groups is 1. The Morgan fingerprint density at radius 1 is 1.39 bits per heavy atom. The SMILES string of the molecule is CNC(C)c1cccc(NC(=O)NCC(F)F)c1. The maximum Gasteiger partial charge on any atom is 0.319 e. The van der Waals surface area contributed by atoms with E-state index in [1.54, 1.807) is 18.2 Å². The molecule has 0 saturated carbocycles. The third-order valence-corrected chi connectivity index (χ3v) is 2.49. The van der Waals surface area contributed by atoms with Gasteiger partial charge in [-0.1, -0.05) is 12.1 Å². The van der Waals surface area contributed by atoms with Gasteiger partial charge in [0, 0.05) is 11.7 Å². The molecule has 0 bridgehead atoms. The molecule has 1 atom stereocenters. The van der Waals surface area contributed by atoms with Crippen molar-refractivity contribution in [3.63, 3.8) is 0 Å². The van der Waals surface area contributed by atoms with Gasteiger partial charge in [0.1, 0.15) is 0 Å². The number of anilines is 1. The van der Waals surface area contributed by atoms with Crippen LogP contribution >= 0.6 is 0 Å². The zero-order chi connectivity index (χ0) is 13.5. The predicted octanol–water partition coefficient (Wildman–Crippen LogP) is 2.35. The number of urea groups is 1. The fourth-order valence-electron chi connectivity index (χ4n) is 1.40. The first-order valence-electron chi connectivity index (χ1n) is 5.63. The summed E-state index contributed by atoms with van der Waals surface area (Å²) in [6.07, 6.45) is -2.55. The molecule has 1 aromatic carbocycles. The lowest BCUT2D eigenvalue weighted by Crippen LogP contribution is -2.32. The predicted molar refractivity (Wildman–Crippen MR) is 66.9 cm³/mol. The van der Waals surface area contributed by atoms with Crippen molar-refractivity contribution in [2.45, 2.75) is 19.4 Å². The largest absolute Gasteiger partial charge is 0.332 e. The number of rotatable bonds is 5. The summed E-state index contributed by atoms with van der Waals surface area (Å²) in [6.45, 7) is 1.33. The van der Waals surface area contributed by atoms with E-state index in [1.165, 1.54) is 0 Å². The van der Waals surface area contributed by atoms with Crippen LogP contribution in [-0.2, 0) is 0 Å². The van der Waals surface area contributed by atoms with E-state index in [2.05, 4.69) is 16.0 Å². The fraction of sp³-hybridized carbons (Fsp3) is 0.417. The van der Waals surface area contributed by atoms with Crippen molar-refractivity contribution in [1.29, 1.82) is 0 Å². The third-order valence-electron chi connectivity index (χ3n) is 2.49. The van der Waals surface area contributed by atoms with Crippen molar-refractivity contribution in [3.8, 4) is 0 Å². The number of carbonyl (C=O) groups excluding carboxylic acids is 1. The molecule has 0 spiro atoms. The van der Waals surface area contributed by atoms with Crippen LogP contribution in [-0.4, -0.2) is 26.0 Å². The zero-order valence-corrected chi connectivity index (χ0v) is 10.3. The van der Waals surface area contributed by atoms with Gasteiger partial charge in [-0.05, 0) is 31.7 Å². The second-order valence-electron chi connectivity index (χ2n) is 3.86. The molecule has 1 rings (SSSR count). The molecule has 3 N–H and O–H groups in total. The van der Waals surface area contributed by atoms with Gasteiger partial charge in [-0.15, -0.1) is 0 Å². The number of amides is 2. The monoisotopic (exact) mass is 257 g/mol. The van der Waals surface area contributed by atoms with Crippen molar-refractivity contribution >= 4 is 11.7 Å². The Balaban J connectivity index is 2.59. The first-order valence-corrected chi connectivity index (χ1v) is 5.63. The maximum absolute atomic E-state index is 11.9. The molecule has 2 amide bonds. The number of nitrogens with one attached hydrogen (secondary N) is 3. The Kier molecular flexibility index (Phi) is 5.51. The van der Waals surface area contributed by atoms with Crippen LogP contribution in [0.4, 0.5) is 19.3 Å². The van der Waals surface area contributed by atoms with Crippen LogP contribution in [0.2, 0.25) is 0 Å². The summed E-state index contributed by atoms with van der Waals surface area (Å²) >= 11 is 0. The second kappa shape index (κ2) is 6.90. The number of hydrogen-bond acceptors (Lipinski definition) is 2. The molecule has 1 unspecified atom stereocenters. The minimum Gasteiger partial charge on any atom is -0.332 e. The van der Waals surface area contributed by atoms with Gasteiger partial charge in [-0.25, -0.2) is 13.6 Å². The average molecular weight is 257 g/mol. The first-order chi connectivity index (χ1) is 8.52. The standard InChI is InChI=1S/C12H17F2N3O/c1-8(15-2)9-4-3-5-10(6-9)17-12(18)16-7-11(13)14/h3-6,8,11,15H,7H2,1-2H3,(H2,16,17,18). The van der Waals surface area contributed by atoms with Gasteiger partial charge in [0.2, 0.25) is 0 Å². The van der Waals surface area contributed by atoms with Gasteiger partial charge in [-0.3, -0.25) is 0 Å².